The summed E-state index contributed by atoms with van der Waals surface area (Å²) in [6, 6.07) is 0. The van der Waals surface area contributed by atoms with Gasteiger partial charge in [-0.2, -0.15) is 0 Å². The number of hydrogen-bond donors (Lipinski definition) is 0. The summed E-state index contributed by atoms with van der Waals surface area (Å²) in [4.78, 5) is 14.0. The van der Waals surface area contributed by atoms with Gasteiger partial charge in [0.15, 0.2) is 0 Å². The summed E-state index contributed by atoms with van der Waals surface area (Å²) in [5.41, 5.74) is 0.856. The quantitative estimate of drug-likeness (QED) is 0.571. The van der Waals surface area contributed by atoms with Crippen molar-refractivity contribution in [1.82, 2.24) is 4.98 Å². The van der Waals surface area contributed by atoms with Gasteiger partial charge in [-0.05, 0) is 26.0 Å². The molecule has 78 valence electrons. The van der Waals surface area contributed by atoms with Gasteiger partial charge in [-0.15, -0.1) is 11.3 Å². The zero-order chi connectivity index (χ0) is 10.8. The van der Waals surface area contributed by atoms with Crippen LogP contribution in [0.5, 0.6) is 0 Å². The van der Waals surface area contributed by atoms with Gasteiger partial charge in [0.1, 0.15) is 6.29 Å². The van der Waals surface area contributed by atoms with Crippen molar-refractivity contribution in [3.05, 3.63) is 22.2 Å². The summed E-state index contributed by atoms with van der Waals surface area (Å²) in [7, 11) is 1.68. The molecule has 0 spiro atoms. The fourth-order valence-electron chi connectivity index (χ4n) is 0.595. The molecular formula is C10H15NO2S. The van der Waals surface area contributed by atoms with Crippen LogP contribution in [0.4, 0.5) is 0 Å². The topological polar surface area (TPSA) is 39.2 Å². The molecule has 0 fully saturated rings. The summed E-state index contributed by atoms with van der Waals surface area (Å²) >= 11 is 1.58. The lowest BCUT2D eigenvalue weighted by molar-refractivity contribution is -0.104. The lowest BCUT2D eigenvalue weighted by Gasteiger charge is -1.76. The van der Waals surface area contributed by atoms with Crippen molar-refractivity contribution in [3.8, 4) is 0 Å². The molecule has 0 amide bonds. The van der Waals surface area contributed by atoms with Crippen LogP contribution >= 0.6 is 11.3 Å². The maximum Gasteiger partial charge on any atom is 0.142 e. The number of thiazole rings is 1. The third kappa shape index (κ3) is 6.51. The summed E-state index contributed by atoms with van der Waals surface area (Å²) in [5.74, 6) is 0. The molecule has 0 radical (unpaired) electrons. The van der Waals surface area contributed by atoms with Crippen LogP contribution in [0, 0.1) is 6.92 Å². The number of ether oxygens (including phenoxy) is 1. The second-order valence-corrected chi connectivity index (χ2v) is 3.43. The molecule has 0 aromatic carbocycles. The highest BCUT2D eigenvalue weighted by molar-refractivity contribution is 7.09. The van der Waals surface area contributed by atoms with E-state index < -0.39 is 0 Å². The van der Waals surface area contributed by atoms with Gasteiger partial charge in [0, 0.05) is 19.1 Å². The van der Waals surface area contributed by atoms with E-state index in [1.54, 1.807) is 24.5 Å². The monoisotopic (exact) mass is 213 g/mol. The second kappa shape index (κ2) is 8.59. The Morgan fingerprint density at radius 2 is 2.29 bits per heavy atom. The summed E-state index contributed by atoms with van der Waals surface area (Å²) < 4.78 is 4.54. The number of hydrogen-bond acceptors (Lipinski definition) is 4. The lowest BCUT2D eigenvalue weighted by Crippen LogP contribution is -1.73. The van der Waals surface area contributed by atoms with Gasteiger partial charge in [0.25, 0.3) is 0 Å². The zero-order valence-electron chi connectivity index (χ0n) is 8.69. The van der Waals surface area contributed by atoms with Crippen LogP contribution in [-0.2, 0) is 9.53 Å². The van der Waals surface area contributed by atoms with Crippen molar-refractivity contribution in [3.63, 3.8) is 0 Å². The van der Waals surface area contributed by atoms with Crippen LogP contribution in [-0.4, -0.2) is 25.0 Å². The molecule has 0 N–H and O–H groups in total. The summed E-state index contributed by atoms with van der Waals surface area (Å²) in [6.45, 7) is 4.71. The molecule has 1 aromatic rings. The van der Waals surface area contributed by atoms with Crippen LogP contribution in [0.3, 0.4) is 0 Å². The number of allylic oxidation sites excluding steroid dienone is 1. The Morgan fingerprint density at radius 3 is 2.64 bits per heavy atom. The highest BCUT2D eigenvalue weighted by Gasteiger charge is 1.90. The van der Waals surface area contributed by atoms with E-state index in [1.807, 2.05) is 19.2 Å². The van der Waals surface area contributed by atoms with E-state index in [0.29, 0.717) is 0 Å². The average molecular weight is 213 g/mol. The molecule has 3 nitrogen and oxygen atoms in total. The summed E-state index contributed by atoms with van der Waals surface area (Å²) in [5, 5.41) is 2.93. The van der Waals surface area contributed by atoms with E-state index in [2.05, 4.69) is 9.72 Å². The van der Waals surface area contributed by atoms with E-state index in [-0.39, 0.29) is 0 Å². The maximum atomic E-state index is 9.87. The molecular weight excluding hydrogens is 198 g/mol. The number of rotatable bonds is 3. The number of aryl methyl sites for hydroxylation is 1. The van der Waals surface area contributed by atoms with E-state index in [1.165, 1.54) is 6.08 Å². The number of carbonyl (C=O) groups is 1. The standard InChI is InChI=1S/C7H7NOS.C3H8O/c1-6-8-7(5-10-6)3-2-4-9;1-3-4-2/h2-5H,1H3;3H2,1-2H3/b3-2+;. The highest BCUT2D eigenvalue weighted by Crippen LogP contribution is 2.08. The van der Waals surface area contributed by atoms with Crippen LogP contribution in [0.15, 0.2) is 11.5 Å². The minimum Gasteiger partial charge on any atom is -0.385 e. The number of nitrogens with zero attached hydrogens (tertiary/aromatic N) is 1. The molecule has 0 unspecified atom stereocenters. The Hall–Kier alpha value is -1.00. The van der Waals surface area contributed by atoms with Gasteiger partial charge in [-0.25, -0.2) is 4.98 Å². The zero-order valence-corrected chi connectivity index (χ0v) is 9.50. The first kappa shape index (κ1) is 13.0. The van der Waals surface area contributed by atoms with Gasteiger partial charge in [-0.1, -0.05) is 0 Å². The normalized spacial score (nSPS) is 9.64. The first-order valence-corrected chi connectivity index (χ1v) is 5.15. The molecule has 0 saturated heterocycles. The van der Waals surface area contributed by atoms with Crippen LogP contribution in [0.25, 0.3) is 6.08 Å². The predicted molar refractivity (Wildman–Crippen MR) is 59.5 cm³/mol. The van der Waals surface area contributed by atoms with Crippen LogP contribution < -0.4 is 0 Å². The van der Waals surface area contributed by atoms with Crippen molar-refractivity contribution < 1.29 is 9.53 Å². The second-order valence-electron chi connectivity index (χ2n) is 2.36. The fourth-order valence-corrected chi connectivity index (χ4v) is 1.18. The van der Waals surface area contributed by atoms with E-state index in [0.717, 1.165) is 23.6 Å². The van der Waals surface area contributed by atoms with Crippen LogP contribution in [0.1, 0.15) is 17.6 Å². The number of methoxy groups -OCH3 is 1. The molecule has 14 heavy (non-hydrogen) atoms. The number of carbonyl (C=O) groups excluding carboxylic acids is 1. The minimum atomic E-state index is 0.745. The SMILES string of the molecule is CCOC.Cc1nc(/C=C/C=O)cs1. The average Bonchev–Trinajstić information content (AvgIpc) is 2.61. The summed E-state index contributed by atoms with van der Waals surface area (Å²) in [6.07, 6.45) is 3.87. The van der Waals surface area contributed by atoms with E-state index in [4.69, 9.17) is 0 Å². The molecule has 0 aliphatic rings. The largest absolute Gasteiger partial charge is 0.385 e. The molecule has 0 atom stereocenters. The molecule has 1 rings (SSSR count). The number of aldehydes is 1. The van der Waals surface area contributed by atoms with Gasteiger partial charge in [0.2, 0.25) is 0 Å². The van der Waals surface area contributed by atoms with Crippen molar-refractivity contribution >= 4 is 23.7 Å². The first-order chi connectivity index (χ1) is 6.74. The van der Waals surface area contributed by atoms with Crippen molar-refractivity contribution in [1.29, 1.82) is 0 Å². The predicted octanol–water partition coefficient (Wildman–Crippen LogP) is 2.32. The maximum absolute atomic E-state index is 9.87. The Labute approximate surface area is 88.4 Å². The molecule has 0 aliphatic carbocycles. The third-order valence-corrected chi connectivity index (χ3v) is 2.06. The van der Waals surface area contributed by atoms with Gasteiger partial charge in [0.05, 0.1) is 10.7 Å². The van der Waals surface area contributed by atoms with Gasteiger partial charge < -0.3 is 4.74 Å². The van der Waals surface area contributed by atoms with Crippen molar-refractivity contribution in [2.45, 2.75) is 13.8 Å². The van der Waals surface area contributed by atoms with E-state index >= 15 is 0 Å². The third-order valence-electron chi connectivity index (χ3n) is 1.27. The smallest absolute Gasteiger partial charge is 0.142 e. The highest BCUT2D eigenvalue weighted by atomic mass is 32.1. The molecule has 1 heterocycles. The van der Waals surface area contributed by atoms with Crippen molar-refractivity contribution in [2.75, 3.05) is 13.7 Å². The van der Waals surface area contributed by atoms with E-state index in [9.17, 15) is 4.79 Å². The molecule has 1 aromatic heterocycles. The van der Waals surface area contributed by atoms with Gasteiger partial charge in [-0.3, -0.25) is 4.79 Å². The van der Waals surface area contributed by atoms with Crippen molar-refractivity contribution in [2.24, 2.45) is 0 Å². The Morgan fingerprint density at radius 1 is 1.64 bits per heavy atom. The molecule has 0 saturated carbocycles. The molecule has 0 aliphatic heterocycles. The van der Waals surface area contributed by atoms with Gasteiger partial charge >= 0.3 is 0 Å². The fraction of sp³-hybridized carbons (Fsp3) is 0.400. The Kier molecular flexibility index (Phi) is 7.98. The minimum absolute atomic E-state index is 0.745. The first-order valence-electron chi connectivity index (χ1n) is 4.27. The Balaban J connectivity index is 0.000000364. The van der Waals surface area contributed by atoms with Crippen LogP contribution in [0.2, 0.25) is 0 Å². The number of aromatic nitrogens is 1. The molecule has 4 heteroatoms. The molecule has 0 bridgehead atoms. The Bertz CT molecular complexity index is 279. The lowest BCUT2D eigenvalue weighted by atomic mass is 10.4.